The molecule has 1 saturated heterocycles. The minimum atomic E-state index is -0.448. The van der Waals surface area contributed by atoms with Crippen LogP contribution in [0.2, 0.25) is 0 Å². The summed E-state index contributed by atoms with van der Waals surface area (Å²) in [5.41, 5.74) is 1.70. The average molecular weight is 386 g/mol. The zero-order chi connectivity index (χ0) is 20.7. The molecule has 0 spiro atoms. The number of hydrogen-bond acceptors (Lipinski definition) is 5. The van der Waals surface area contributed by atoms with E-state index in [0.29, 0.717) is 19.4 Å². The minimum absolute atomic E-state index is 0.171. The molecule has 28 heavy (non-hydrogen) atoms. The highest BCUT2D eigenvalue weighted by Gasteiger charge is 2.51. The van der Waals surface area contributed by atoms with Gasteiger partial charge in [-0.25, -0.2) is 4.98 Å². The van der Waals surface area contributed by atoms with Crippen LogP contribution in [0, 0.1) is 0 Å². The fraction of sp³-hybridized carbons (Fsp3) is 0.619. The summed E-state index contributed by atoms with van der Waals surface area (Å²) in [6, 6.07) is 6.06. The molecule has 6 nitrogen and oxygen atoms in total. The third kappa shape index (κ3) is 4.41. The minimum Gasteiger partial charge on any atom is -0.460 e. The van der Waals surface area contributed by atoms with E-state index in [9.17, 15) is 4.79 Å². The van der Waals surface area contributed by atoms with Gasteiger partial charge in [-0.05, 0) is 72.5 Å². The van der Waals surface area contributed by atoms with Crippen molar-refractivity contribution in [1.29, 1.82) is 0 Å². The molecular weight excluding hydrogens is 355 g/mol. The van der Waals surface area contributed by atoms with Crippen molar-refractivity contribution < 1.29 is 18.8 Å². The van der Waals surface area contributed by atoms with Gasteiger partial charge in [0.15, 0.2) is 0 Å². The molecule has 1 aliphatic heterocycles. The normalized spacial score (nSPS) is 18.6. The Labute approximate surface area is 167 Å². The smallest absolute Gasteiger partial charge is 0.460 e. The van der Waals surface area contributed by atoms with Crippen LogP contribution in [0.3, 0.4) is 0 Å². The van der Waals surface area contributed by atoms with Gasteiger partial charge in [-0.3, -0.25) is 4.79 Å². The molecule has 0 saturated carbocycles. The Morgan fingerprint density at radius 1 is 1.18 bits per heavy atom. The molecule has 0 aliphatic carbocycles. The zero-order valence-electron chi connectivity index (χ0n) is 18.0. The SMILES string of the molecule is CC(C)(C)OC(=O)CCCn1cnc2ccc(B3OC(C)(C)C(C)(C)O3)cc21. The highest BCUT2D eigenvalue weighted by Crippen LogP contribution is 2.36. The Bertz CT molecular complexity index is 851. The summed E-state index contributed by atoms with van der Waals surface area (Å²) in [7, 11) is -0.403. The van der Waals surface area contributed by atoms with Crippen LogP contribution in [0.15, 0.2) is 24.5 Å². The lowest BCUT2D eigenvalue weighted by atomic mass is 9.79. The molecule has 1 fully saturated rings. The lowest BCUT2D eigenvalue weighted by molar-refractivity contribution is -0.154. The summed E-state index contributed by atoms with van der Waals surface area (Å²) < 4.78 is 19.8. The van der Waals surface area contributed by atoms with Crippen LogP contribution in [0.4, 0.5) is 0 Å². The lowest BCUT2D eigenvalue weighted by Crippen LogP contribution is -2.41. The maximum atomic E-state index is 11.9. The van der Waals surface area contributed by atoms with Gasteiger partial charge >= 0.3 is 13.1 Å². The Morgan fingerprint density at radius 3 is 2.43 bits per heavy atom. The van der Waals surface area contributed by atoms with Gasteiger partial charge in [0.2, 0.25) is 0 Å². The summed E-state index contributed by atoms with van der Waals surface area (Å²) in [5, 5.41) is 0. The first-order chi connectivity index (χ1) is 12.9. The molecule has 1 aliphatic rings. The molecule has 0 bridgehead atoms. The van der Waals surface area contributed by atoms with Gasteiger partial charge < -0.3 is 18.6 Å². The fourth-order valence-electron chi connectivity index (χ4n) is 3.16. The summed E-state index contributed by atoms with van der Waals surface area (Å²) >= 11 is 0. The number of aryl methyl sites for hydroxylation is 1. The van der Waals surface area contributed by atoms with Crippen molar-refractivity contribution in [2.45, 2.75) is 84.7 Å². The van der Waals surface area contributed by atoms with Gasteiger partial charge in [0.25, 0.3) is 0 Å². The maximum absolute atomic E-state index is 11.9. The predicted molar refractivity (Wildman–Crippen MR) is 111 cm³/mol. The first kappa shape index (κ1) is 20.9. The van der Waals surface area contributed by atoms with E-state index in [0.717, 1.165) is 16.5 Å². The fourth-order valence-corrected chi connectivity index (χ4v) is 3.16. The van der Waals surface area contributed by atoms with Crippen LogP contribution >= 0.6 is 0 Å². The Morgan fingerprint density at radius 2 is 1.82 bits per heavy atom. The average Bonchev–Trinajstić information content (AvgIpc) is 3.03. The molecule has 0 atom stereocenters. The van der Waals surface area contributed by atoms with Gasteiger partial charge in [0, 0.05) is 13.0 Å². The van der Waals surface area contributed by atoms with Crippen LogP contribution in [-0.2, 0) is 25.4 Å². The number of ether oxygens (including phenoxy) is 1. The van der Waals surface area contributed by atoms with Gasteiger partial charge in [0.1, 0.15) is 5.60 Å². The van der Waals surface area contributed by atoms with E-state index in [1.54, 1.807) is 0 Å². The number of aromatic nitrogens is 2. The van der Waals surface area contributed by atoms with E-state index in [1.807, 2.05) is 66.9 Å². The summed E-state index contributed by atoms with van der Waals surface area (Å²) in [4.78, 5) is 16.4. The van der Waals surface area contributed by atoms with Gasteiger partial charge in [-0.15, -0.1) is 0 Å². The Hall–Kier alpha value is -1.86. The van der Waals surface area contributed by atoms with Crippen molar-refractivity contribution in [1.82, 2.24) is 9.55 Å². The second kappa shape index (κ2) is 7.19. The number of hydrogen-bond donors (Lipinski definition) is 0. The molecule has 1 aromatic carbocycles. The Balaban J connectivity index is 1.70. The first-order valence-electron chi connectivity index (χ1n) is 9.90. The second-order valence-corrected chi connectivity index (χ2v) is 9.46. The van der Waals surface area contributed by atoms with Crippen molar-refractivity contribution in [3.63, 3.8) is 0 Å². The van der Waals surface area contributed by atoms with E-state index in [1.165, 1.54) is 0 Å². The highest BCUT2D eigenvalue weighted by atomic mass is 16.7. The van der Waals surface area contributed by atoms with Gasteiger partial charge in [0.05, 0.1) is 28.6 Å². The number of nitrogens with zero attached hydrogens (tertiary/aromatic N) is 2. The van der Waals surface area contributed by atoms with Crippen LogP contribution < -0.4 is 5.46 Å². The third-order valence-corrected chi connectivity index (χ3v) is 5.37. The molecule has 152 valence electrons. The quantitative estimate of drug-likeness (QED) is 0.582. The van der Waals surface area contributed by atoms with Gasteiger partial charge in [-0.1, -0.05) is 6.07 Å². The van der Waals surface area contributed by atoms with E-state index in [2.05, 4.69) is 15.6 Å². The van der Waals surface area contributed by atoms with Crippen LogP contribution in [0.5, 0.6) is 0 Å². The summed E-state index contributed by atoms with van der Waals surface area (Å²) in [6.45, 7) is 14.5. The zero-order valence-corrected chi connectivity index (χ0v) is 18.0. The standard InChI is InChI=1S/C21H31BN2O4/c1-19(2,3)26-18(25)9-8-12-24-14-23-16-11-10-15(13-17(16)24)22-27-20(4,5)21(6,7)28-22/h10-11,13-14H,8-9,12H2,1-7H3. The number of esters is 1. The number of imidazole rings is 1. The topological polar surface area (TPSA) is 62.6 Å². The van der Waals surface area contributed by atoms with E-state index >= 15 is 0 Å². The first-order valence-corrected chi connectivity index (χ1v) is 9.90. The van der Waals surface area contributed by atoms with Crippen molar-refractivity contribution >= 4 is 29.6 Å². The van der Waals surface area contributed by atoms with Crippen molar-refractivity contribution in [3.05, 3.63) is 24.5 Å². The number of rotatable bonds is 5. The monoisotopic (exact) mass is 386 g/mol. The number of fused-ring (bicyclic) bond motifs is 1. The van der Waals surface area contributed by atoms with E-state index in [-0.39, 0.29) is 17.2 Å². The van der Waals surface area contributed by atoms with Crippen molar-refractivity contribution in [2.24, 2.45) is 0 Å². The predicted octanol–water partition coefficient (Wildman–Crippen LogP) is 3.46. The summed E-state index contributed by atoms with van der Waals surface area (Å²) in [5.74, 6) is -0.171. The van der Waals surface area contributed by atoms with E-state index < -0.39 is 12.7 Å². The third-order valence-electron chi connectivity index (χ3n) is 5.37. The highest BCUT2D eigenvalue weighted by molar-refractivity contribution is 6.62. The summed E-state index contributed by atoms with van der Waals surface area (Å²) in [6.07, 6.45) is 2.89. The molecule has 0 amide bonds. The largest absolute Gasteiger partial charge is 0.494 e. The lowest BCUT2D eigenvalue weighted by Gasteiger charge is -2.32. The maximum Gasteiger partial charge on any atom is 0.494 e. The molecule has 1 aromatic heterocycles. The second-order valence-electron chi connectivity index (χ2n) is 9.46. The molecule has 7 heteroatoms. The molecule has 0 radical (unpaired) electrons. The number of benzene rings is 1. The molecule has 0 unspecified atom stereocenters. The molecule has 3 rings (SSSR count). The van der Waals surface area contributed by atoms with Crippen LogP contribution in [-0.4, -0.2) is 39.4 Å². The van der Waals surface area contributed by atoms with Gasteiger partial charge in [-0.2, -0.15) is 0 Å². The number of carbonyl (C=O) groups is 1. The van der Waals surface area contributed by atoms with E-state index in [4.69, 9.17) is 14.0 Å². The van der Waals surface area contributed by atoms with Crippen LogP contribution in [0.1, 0.15) is 61.3 Å². The van der Waals surface area contributed by atoms with Crippen LogP contribution in [0.25, 0.3) is 11.0 Å². The number of carbonyl (C=O) groups excluding carboxylic acids is 1. The Kier molecular flexibility index (Phi) is 5.36. The molecule has 2 heterocycles. The molecule has 2 aromatic rings. The molecule has 0 N–H and O–H groups in total. The van der Waals surface area contributed by atoms with Crippen molar-refractivity contribution in [3.8, 4) is 0 Å². The molecular formula is C21H31BN2O4. The van der Waals surface area contributed by atoms with Crippen molar-refractivity contribution in [2.75, 3.05) is 0 Å².